The lowest BCUT2D eigenvalue weighted by Crippen LogP contribution is -2.42. The molecule has 0 aliphatic carbocycles. The Morgan fingerprint density at radius 3 is 2.24 bits per heavy atom. The number of aromatic nitrogens is 1. The van der Waals surface area contributed by atoms with Crippen LogP contribution < -0.4 is 15.4 Å². The van der Waals surface area contributed by atoms with E-state index >= 15 is 0 Å². The monoisotopic (exact) mass is 612 g/mol. The van der Waals surface area contributed by atoms with Crippen molar-refractivity contribution in [3.63, 3.8) is 0 Å². The number of hydrogen-bond donors (Lipinski definition) is 4. The molecule has 0 aliphatic heterocycles. The van der Waals surface area contributed by atoms with E-state index in [-0.39, 0.29) is 27.4 Å². The van der Waals surface area contributed by atoms with Crippen molar-refractivity contribution in [3.05, 3.63) is 112 Å². The number of hydrogen-bond acceptors (Lipinski definition) is 5. The van der Waals surface area contributed by atoms with Crippen LogP contribution in [0.25, 0.3) is 11.1 Å². The summed E-state index contributed by atoms with van der Waals surface area (Å²) >= 11 is 12.0. The molecule has 0 radical (unpaired) electrons. The lowest BCUT2D eigenvalue weighted by Gasteiger charge is -2.16. The Balaban J connectivity index is 1.39. The molecule has 4 rings (SSSR count). The summed E-state index contributed by atoms with van der Waals surface area (Å²) in [5.41, 5.74) is 3.72. The number of anilines is 1. The Hall–Kier alpha value is -3.96. The number of rotatable bonds is 11. The summed E-state index contributed by atoms with van der Waals surface area (Å²) < 4.78 is 27.9. The van der Waals surface area contributed by atoms with Crippen molar-refractivity contribution in [2.24, 2.45) is 0 Å². The Morgan fingerprint density at radius 2 is 1.59 bits per heavy atom. The molecule has 1 atom stereocenters. The average molecular weight is 614 g/mol. The van der Waals surface area contributed by atoms with Crippen LogP contribution in [0.15, 0.2) is 96.0 Å². The molecule has 2 amide bonds. The Kier molecular flexibility index (Phi) is 9.95. The zero-order valence-corrected chi connectivity index (χ0v) is 23.9. The second-order valence-corrected chi connectivity index (χ2v) is 11.5. The molecular weight excluding hydrogens is 587 g/mol. The largest absolute Gasteiger partial charge is 0.480 e. The van der Waals surface area contributed by atoms with E-state index in [1.165, 1.54) is 18.2 Å². The molecule has 4 N–H and O–H groups in total. The molecule has 3 aromatic carbocycles. The summed E-state index contributed by atoms with van der Waals surface area (Å²) in [6.07, 6.45) is 2.20. The summed E-state index contributed by atoms with van der Waals surface area (Å²) in [6.45, 7) is 0.433. The van der Waals surface area contributed by atoms with Crippen molar-refractivity contribution in [2.75, 3.05) is 11.9 Å². The number of urea groups is 1. The van der Waals surface area contributed by atoms with Gasteiger partial charge in [-0.15, -0.1) is 0 Å². The maximum atomic E-state index is 12.9. The first-order valence-corrected chi connectivity index (χ1v) is 14.7. The summed E-state index contributed by atoms with van der Waals surface area (Å²) in [4.78, 5) is 28.1. The van der Waals surface area contributed by atoms with Crippen LogP contribution in [-0.4, -0.2) is 43.1 Å². The van der Waals surface area contributed by atoms with E-state index in [9.17, 15) is 23.1 Å². The maximum absolute atomic E-state index is 12.9. The molecule has 12 heteroatoms. The van der Waals surface area contributed by atoms with Crippen molar-refractivity contribution in [2.45, 2.75) is 23.8 Å². The van der Waals surface area contributed by atoms with Crippen LogP contribution in [0.1, 0.15) is 11.3 Å². The van der Waals surface area contributed by atoms with Crippen LogP contribution in [0.2, 0.25) is 10.0 Å². The van der Waals surface area contributed by atoms with E-state index in [1.54, 1.807) is 36.5 Å². The van der Waals surface area contributed by atoms with Gasteiger partial charge in [-0.1, -0.05) is 71.7 Å². The molecule has 0 bridgehead atoms. The number of carboxylic acid groups (broad SMARTS) is 1. The van der Waals surface area contributed by atoms with Crippen LogP contribution in [0.4, 0.5) is 10.5 Å². The Bertz CT molecular complexity index is 1610. The van der Waals surface area contributed by atoms with E-state index < -0.39 is 22.0 Å². The van der Waals surface area contributed by atoms with Gasteiger partial charge in [-0.25, -0.2) is 13.2 Å². The Labute approximate surface area is 247 Å². The van der Waals surface area contributed by atoms with Gasteiger partial charge in [0.05, 0.1) is 10.0 Å². The van der Waals surface area contributed by atoms with Crippen molar-refractivity contribution in [1.82, 2.24) is 15.0 Å². The normalized spacial score (nSPS) is 12.0. The molecule has 0 spiro atoms. The third kappa shape index (κ3) is 8.27. The molecular formula is C29H26Cl2N4O5S. The molecule has 0 saturated heterocycles. The van der Waals surface area contributed by atoms with E-state index in [0.717, 1.165) is 16.8 Å². The fraction of sp³-hybridized carbons (Fsp3) is 0.138. The number of carbonyl (C=O) groups excluding carboxylic acids is 1. The highest BCUT2D eigenvalue weighted by molar-refractivity contribution is 7.89. The zero-order chi connectivity index (χ0) is 29.4. The lowest BCUT2D eigenvalue weighted by molar-refractivity contribution is -0.138. The molecule has 1 aromatic heterocycles. The molecule has 0 fully saturated rings. The van der Waals surface area contributed by atoms with Crippen molar-refractivity contribution >= 4 is 50.9 Å². The average Bonchev–Trinajstić information content (AvgIpc) is 2.93. The van der Waals surface area contributed by atoms with Crippen LogP contribution in [0.3, 0.4) is 0 Å². The van der Waals surface area contributed by atoms with Gasteiger partial charge in [0.25, 0.3) is 0 Å². The second kappa shape index (κ2) is 13.6. The standard InChI is InChI=1S/C29H26Cl2N4O5S/c30-24-8-4-9-25(31)27(24)41(39,40)35-26(28(36)37)17-19-10-12-20(13-11-19)21-5-3-7-23(18-21)34-29(38)33-16-14-22-6-1-2-15-32-22/h1-13,15,18,26,35H,14,16-17H2,(H,36,37)(H2,33,34,38). The molecule has 1 unspecified atom stereocenters. The second-order valence-electron chi connectivity index (χ2n) is 9.00. The van der Waals surface area contributed by atoms with Crippen LogP contribution >= 0.6 is 23.2 Å². The van der Waals surface area contributed by atoms with E-state index in [2.05, 4.69) is 20.3 Å². The molecule has 4 aromatic rings. The maximum Gasteiger partial charge on any atom is 0.322 e. The first kappa shape index (κ1) is 30.0. The minimum Gasteiger partial charge on any atom is -0.480 e. The van der Waals surface area contributed by atoms with E-state index in [0.29, 0.717) is 24.2 Å². The third-order valence-electron chi connectivity index (χ3n) is 6.02. The number of benzene rings is 3. The predicted molar refractivity (Wildman–Crippen MR) is 159 cm³/mol. The van der Waals surface area contributed by atoms with Crippen molar-refractivity contribution < 1.29 is 23.1 Å². The number of carbonyl (C=O) groups is 2. The quantitative estimate of drug-likeness (QED) is 0.179. The molecule has 9 nitrogen and oxygen atoms in total. The summed E-state index contributed by atoms with van der Waals surface area (Å²) in [7, 11) is -4.31. The van der Waals surface area contributed by atoms with Crippen LogP contribution in [0, 0.1) is 0 Å². The number of carboxylic acids is 1. The smallest absolute Gasteiger partial charge is 0.322 e. The van der Waals surface area contributed by atoms with Crippen molar-refractivity contribution in [3.8, 4) is 11.1 Å². The topological polar surface area (TPSA) is 137 Å². The first-order chi connectivity index (χ1) is 19.6. The molecule has 1 heterocycles. The zero-order valence-electron chi connectivity index (χ0n) is 21.6. The minimum atomic E-state index is -4.31. The highest BCUT2D eigenvalue weighted by Gasteiger charge is 2.29. The van der Waals surface area contributed by atoms with Crippen molar-refractivity contribution in [1.29, 1.82) is 0 Å². The van der Waals surface area contributed by atoms with Gasteiger partial charge in [-0.3, -0.25) is 9.78 Å². The highest BCUT2D eigenvalue weighted by Crippen LogP contribution is 2.29. The van der Waals surface area contributed by atoms with Gasteiger partial charge in [-0.05, 0) is 59.5 Å². The number of aliphatic carboxylic acids is 1. The number of amides is 2. The van der Waals surface area contributed by atoms with E-state index in [1.807, 2.05) is 36.4 Å². The van der Waals surface area contributed by atoms with E-state index in [4.69, 9.17) is 23.2 Å². The van der Waals surface area contributed by atoms with Gasteiger partial charge in [0.1, 0.15) is 10.9 Å². The fourth-order valence-corrected chi connectivity index (χ4v) is 6.37. The summed E-state index contributed by atoms with van der Waals surface area (Å²) in [5.74, 6) is -1.35. The first-order valence-electron chi connectivity index (χ1n) is 12.5. The van der Waals surface area contributed by atoms with Crippen LogP contribution in [-0.2, 0) is 27.7 Å². The molecule has 212 valence electrons. The third-order valence-corrected chi connectivity index (χ3v) is 8.45. The Morgan fingerprint density at radius 1 is 0.878 bits per heavy atom. The molecule has 41 heavy (non-hydrogen) atoms. The van der Waals surface area contributed by atoms with Gasteiger partial charge in [0, 0.05) is 30.5 Å². The van der Waals surface area contributed by atoms with Gasteiger partial charge in [-0.2, -0.15) is 4.72 Å². The van der Waals surface area contributed by atoms with Gasteiger partial charge in [0.2, 0.25) is 10.0 Å². The number of nitrogens with one attached hydrogen (secondary N) is 3. The summed E-state index contributed by atoms with van der Waals surface area (Å²) in [5, 5.41) is 15.1. The minimum absolute atomic E-state index is 0.114. The summed E-state index contributed by atoms with van der Waals surface area (Å²) in [6, 6.07) is 22.3. The highest BCUT2D eigenvalue weighted by atomic mass is 35.5. The lowest BCUT2D eigenvalue weighted by atomic mass is 10.0. The predicted octanol–water partition coefficient (Wildman–Crippen LogP) is 5.39. The van der Waals surface area contributed by atoms with Gasteiger partial charge < -0.3 is 15.7 Å². The van der Waals surface area contributed by atoms with Gasteiger partial charge in [0.15, 0.2) is 0 Å². The molecule has 0 saturated carbocycles. The number of pyridine rings is 1. The number of nitrogens with zero attached hydrogens (tertiary/aromatic N) is 1. The SMILES string of the molecule is O=C(NCCc1ccccn1)Nc1cccc(-c2ccc(CC(NS(=O)(=O)c3c(Cl)cccc3Cl)C(=O)O)cc2)c1. The fourth-order valence-electron chi connectivity index (χ4n) is 4.04. The molecule has 0 aliphatic rings. The van der Waals surface area contributed by atoms with Crippen LogP contribution in [0.5, 0.6) is 0 Å². The van der Waals surface area contributed by atoms with Gasteiger partial charge >= 0.3 is 12.0 Å². The number of halogens is 2. The number of sulfonamides is 1.